The summed E-state index contributed by atoms with van der Waals surface area (Å²) in [5, 5.41) is 1.13. The van der Waals surface area contributed by atoms with Crippen LogP contribution in [0.25, 0.3) is 10.2 Å². The Bertz CT molecular complexity index is 1090. The number of amides is 1. The number of likely N-dealkylation sites (tertiary alicyclic amines) is 1. The van der Waals surface area contributed by atoms with E-state index in [1.165, 1.54) is 29.7 Å². The predicted molar refractivity (Wildman–Crippen MR) is 124 cm³/mol. The first-order valence-corrected chi connectivity index (χ1v) is 11.8. The largest absolute Gasteiger partial charge is 0.344 e. The summed E-state index contributed by atoms with van der Waals surface area (Å²) in [6.45, 7) is 4.85. The van der Waals surface area contributed by atoms with Gasteiger partial charge in [-0.25, -0.2) is 15.0 Å². The van der Waals surface area contributed by atoms with Gasteiger partial charge in [-0.05, 0) is 43.5 Å². The van der Waals surface area contributed by atoms with Crippen molar-refractivity contribution in [3.8, 4) is 0 Å². The summed E-state index contributed by atoms with van der Waals surface area (Å²) >= 11 is 1.52. The molecular formula is C23H28N6OS. The molecule has 5 heterocycles. The molecule has 2 aliphatic heterocycles. The third-order valence-corrected chi connectivity index (χ3v) is 7.38. The lowest BCUT2D eigenvalue weighted by Gasteiger charge is -2.19. The van der Waals surface area contributed by atoms with Crippen LogP contribution in [-0.4, -0.2) is 70.9 Å². The molecule has 1 amide bonds. The van der Waals surface area contributed by atoms with Crippen molar-refractivity contribution in [1.82, 2.24) is 24.8 Å². The second-order valence-electron chi connectivity index (χ2n) is 8.66. The molecule has 162 valence electrons. The molecule has 3 aromatic heterocycles. The van der Waals surface area contributed by atoms with Crippen LogP contribution in [-0.2, 0) is 6.54 Å². The van der Waals surface area contributed by atoms with Crippen molar-refractivity contribution in [3.05, 3.63) is 46.7 Å². The Hall–Kier alpha value is -2.58. The fourth-order valence-corrected chi connectivity index (χ4v) is 5.95. The lowest BCUT2D eigenvalue weighted by atomic mass is 9.95. The average molecular weight is 437 g/mol. The summed E-state index contributed by atoms with van der Waals surface area (Å²) in [5.41, 5.74) is 2.24. The Morgan fingerprint density at radius 2 is 2.00 bits per heavy atom. The van der Waals surface area contributed by atoms with Crippen molar-refractivity contribution >= 4 is 33.4 Å². The SMILES string of the molecule is CN(C)C(=O)c1sc2ncccc2c1[C@@H]1CCN(Cc2ccnc(N3CCCC3)n2)C1. The molecule has 0 aromatic carbocycles. The van der Waals surface area contributed by atoms with Crippen LogP contribution in [0.3, 0.4) is 0 Å². The number of thiophene rings is 1. The minimum Gasteiger partial charge on any atom is -0.344 e. The van der Waals surface area contributed by atoms with Crippen LogP contribution in [0.5, 0.6) is 0 Å². The number of rotatable bonds is 5. The summed E-state index contributed by atoms with van der Waals surface area (Å²) in [6.07, 6.45) is 7.17. The molecule has 8 heteroatoms. The number of carbonyl (C=O) groups excluding carboxylic acids is 1. The summed E-state index contributed by atoms with van der Waals surface area (Å²) in [4.78, 5) is 34.9. The van der Waals surface area contributed by atoms with Crippen LogP contribution in [0.4, 0.5) is 5.95 Å². The van der Waals surface area contributed by atoms with Gasteiger partial charge in [-0.1, -0.05) is 6.07 Å². The normalized spacial score (nSPS) is 19.4. The van der Waals surface area contributed by atoms with Gasteiger partial charge in [0.05, 0.1) is 10.6 Å². The summed E-state index contributed by atoms with van der Waals surface area (Å²) in [7, 11) is 3.63. The van der Waals surface area contributed by atoms with Gasteiger partial charge in [0.15, 0.2) is 0 Å². The van der Waals surface area contributed by atoms with Crippen molar-refractivity contribution in [2.24, 2.45) is 0 Å². The van der Waals surface area contributed by atoms with Crippen LogP contribution in [0.15, 0.2) is 30.6 Å². The Balaban J connectivity index is 1.36. The van der Waals surface area contributed by atoms with Crippen LogP contribution in [0, 0.1) is 0 Å². The van der Waals surface area contributed by atoms with E-state index in [1.807, 2.05) is 32.4 Å². The monoisotopic (exact) mass is 436 g/mol. The molecule has 31 heavy (non-hydrogen) atoms. The average Bonchev–Trinajstić information content (AvgIpc) is 3.52. The van der Waals surface area contributed by atoms with E-state index >= 15 is 0 Å². The molecule has 2 aliphatic rings. The van der Waals surface area contributed by atoms with Crippen molar-refractivity contribution < 1.29 is 4.79 Å². The number of pyridine rings is 1. The first-order valence-electron chi connectivity index (χ1n) is 11.0. The van der Waals surface area contributed by atoms with Gasteiger partial charge < -0.3 is 9.80 Å². The van der Waals surface area contributed by atoms with Crippen LogP contribution < -0.4 is 4.90 Å². The summed E-state index contributed by atoms with van der Waals surface area (Å²) in [5.74, 6) is 1.26. The van der Waals surface area contributed by atoms with Crippen LogP contribution in [0.1, 0.15) is 46.1 Å². The minimum absolute atomic E-state index is 0.0718. The highest BCUT2D eigenvalue weighted by Crippen LogP contribution is 2.40. The molecular weight excluding hydrogens is 408 g/mol. The molecule has 5 rings (SSSR count). The second-order valence-corrected chi connectivity index (χ2v) is 9.66. The van der Waals surface area contributed by atoms with Crippen molar-refractivity contribution in [1.29, 1.82) is 0 Å². The maximum atomic E-state index is 12.9. The Labute approximate surface area is 186 Å². The number of aromatic nitrogens is 3. The van der Waals surface area contributed by atoms with Crippen molar-refractivity contribution in [2.45, 2.75) is 31.7 Å². The van der Waals surface area contributed by atoms with Gasteiger partial charge in [0.1, 0.15) is 4.83 Å². The van der Waals surface area contributed by atoms with E-state index in [9.17, 15) is 4.79 Å². The van der Waals surface area contributed by atoms with Crippen molar-refractivity contribution in [3.63, 3.8) is 0 Å². The number of hydrogen-bond acceptors (Lipinski definition) is 7. The molecule has 0 N–H and O–H groups in total. The Kier molecular flexibility index (Phi) is 5.58. The van der Waals surface area contributed by atoms with E-state index in [-0.39, 0.29) is 5.91 Å². The maximum absolute atomic E-state index is 12.9. The third kappa shape index (κ3) is 4.02. The van der Waals surface area contributed by atoms with Gasteiger partial charge in [0, 0.05) is 64.0 Å². The smallest absolute Gasteiger partial charge is 0.263 e. The summed E-state index contributed by atoms with van der Waals surface area (Å²) in [6, 6.07) is 6.10. The topological polar surface area (TPSA) is 65.5 Å². The zero-order valence-electron chi connectivity index (χ0n) is 18.1. The molecule has 7 nitrogen and oxygen atoms in total. The molecule has 3 aromatic rings. The number of nitrogens with zero attached hydrogens (tertiary/aromatic N) is 6. The lowest BCUT2D eigenvalue weighted by Crippen LogP contribution is -2.24. The van der Waals surface area contributed by atoms with E-state index in [0.29, 0.717) is 5.92 Å². The maximum Gasteiger partial charge on any atom is 0.263 e. The van der Waals surface area contributed by atoms with Gasteiger partial charge in [-0.3, -0.25) is 9.69 Å². The van der Waals surface area contributed by atoms with E-state index in [0.717, 1.165) is 65.9 Å². The number of carbonyl (C=O) groups is 1. The highest BCUT2D eigenvalue weighted by molar-refractivity contribution is 7.20. The highest BCUT2D eigenvalue weighted by atomic mass is 32.1. The van der Waals surface area contributed by atoms with Gasteiger partial charge in [-0.2, -0.15) is 0 Å². The molecule has 0 saturated carbocycles. The molecule has 2 saturated heterocycles. The van der Waals surface area contributed by atoms with Crippen LogP contribution >= 0.6 is 11.3 Å². The number of hydrogen-bond donors (Lipinski definition) is 0. The third-order valence-electron chi connectivity index (χ3n) is 6.26. The van der Waals surface area contributed by atoms with Crippen molar-refractivity contribution in [2.75, 3.05) is 45.2 Å². The standard InChI is InChI=1S/C23H28N6OS/c1-27(2)22(30)20-19(18-6-5-9-24-21(18)31-20)16-8-13-28(14-16)15-17-7-10-25-23(26-17)29-11-3-4-12-29/h5-7,9-10,16H,3-4,8,11-15H2,1-2H3/t16-/m1/s1. The molecule has 0 unspecified atom stereocenters. The van der Waals surface area contributed by atoms with E-state index in [2.05, 4.69) is 25.8 Å². The number of anilines is 1. The zero-order chi connectivity index (χ0) is 21.4. The van der Waals surface area contributed by atoms with E-state index < -0.39 is 0 Å². The first-order chi connectivity index (χ1) is 15.1. The summed E-state index contributed by atoms with van der Waals surface area (Å²) < 4.78 is 0. The van der Waals surface area contributed by atoms with E-state index in [1.54, 1.807) is 11.1 Å². The molecule has 1 atom stereocenters. The predicted octanol–water partition coefficient (Wildman–Crippen LogP) is 3.38. The Morgan fingerprint density at radius 3 is 2.81 bits per heavy atom. The van der Waals surface area contributed by atoms with Gasteiger partial charge in [0.2, 0.25) is 5.95 Å². The molecule has 0 spiro atoms. The molecule has 2 fully saturated rings. The molecule has 0 bridgehead atoms. The number of fused-ring (bicyclic) bond motifs is 1. The van der Waals surface area contributed by atoms with Crippen LogP contribution in [0.2, 0.25) is 0 Å². The van der Waals surface area contributed by atoms with Gasteiger partial charge in [0.25, 0.3) is 5.91 Å². The Morgan fingerprint density at radius 1 is 1.16 bits per heavy atom. The lowest BCUT2D eigenvalue weighted by molar-refractivity contribution is 0.0831. The quantitative estimate of drug-likeness (QED) is 0.611. The molecule has 0 aliphatic carbocycles. The van der Waals surface area contributed by atoms with E-state index in [4.69, 9.17) is 4.98 Å². The zero-order valence-corrected chi connectivity index (χ0v) is 18.9. The highest BCUT2D eigenvalue weighted by Gasteiger charge is 2.31. The molecule has 0 radical (unpaired) electrons. The second kappa shape index (κ2) is 8.51. The first kappa shape index (κ1) is 20.3. The fourth-order valence-electron chi connectivity index (χ4n) is 4.70. The fraction of sp³-hybridized carbons (Fsp3) is 0.478. The van der Waals surface area contributed by atoms with Gasteiger partial charge >= 0.3 is 0 Å². The minimum atomic E-state index is 0.0718. The van der Waals surface area contributed by atoms with Gasteiger partial charge in [-0.15, -0.1) is 11.3 Å².